The van der Waals surface area contributed by atoms with Gasteiger partial charge in [0, 0.05) is 118 Å². The molecule has 0 aliphatic carbocycles. The second kappa shape index (κ2) is 39.1. The fraction of sp³-hybridized carbons (Fsp3) is 0. The summed E-state index contributed by atoms with van der Waals surface area (Å²) in [5.74, 6) is -0.981. The molecule has 0 amide bonds. The molecule has 20 nitrogen and oxygen atoms in total. The average molecular weight is 685 g/mol. The third-order valence-corrected chi connectivity index (χ3v) is 3.83. The fourth-order valence-corrected chi connectivity index (χ4v) is 1.94. The van der Waals surface area contributed by atoms with E-state index in [1.165, 1.54) is 0 Å². The summed E-state index contributed by atoms with van der Waals surface area (Å²) in [4.78, 5) is 67.0. The third-order valence-electron chi connectivity index (χ3n) is 3.83. The molecule has 0 aliphatic heterocycles. The second-order valence-corrected chi connectivity index (χ2v) is 7.39. The molecule has 0 fully saturated rings. The quantitative estimate of drug-likeness (QED) is 0.110. The van der Waals surface area contributed by atoms with Crippen LogP contribution in [-0.2, 0) is 4.79 Å². The number of rotatable bonds is 1. The molecule has 262 valence electrons. The minimum atomic E-state index is -0.981. The van der Waals surface area contributed by atoms with E-state index in [2.05, 4.69) is 96.3 Å². The summed E-state index contributed by atoms with van der Waals surface area (Å²) in [5.41, 5.74) is 0. The van der Waals surface area contributed by atoms with Gasteiger partial charge >= 0.3 is 5.97 Å². The highest BCUT2D eigenvalue weighted by Crippen LogP contribution is 1.66. The number of aromatic nitrogens is 18. The first kappa shape index (κ1) is 42.1. The summed E-state index contributed by atoms with van der Waals surface area (Å²) in [6.07, 6.45) is 46.6. The predicted molar refractivity (Wildman–Crippen MR) is 185 cm³/mol. The van der Waals surface area contributed by atoms with E-state index in [4.69, 9.17) is 5.11 Å². The number of hydrogen-bond donors (Lipinski definition) is 10. The zero-order valence-electron chi connectivity index (χ0n) is 26.8. The van der Waals surface area contributed by atoms with Gasteiger partial charge in [0.2, 0.25) is 0 Å². The summed E-state index contributed by atoms with van der Waals surface area (Å²) in [5, 5.41) is 7.60. The van der Waals surface area contributed by atoms with Crippen LogP contribution in [0.2, 0.25) is 0 Å². The highest BCUT2D eigenvalue weighted by Gasteiger charge is 1.73. The number of hydrogen-bond acceptors (Lipinski definition) is 10. The lowest BCUT2D eigenvalue weighted by molar-refractivity contribution is -0.131. The van der Waals surface area contributed by atoms with E-state index < -0.39 is 5.97 Å². The molecule has 0 saturated heterocycles. The van der Waals surface area contributed by atoms with Gasteiger partial charge in [0.15, 0.2) is 0 Å². The summed E-state index contributed by atoms with van der Waals surface area (Å²) in [7, 11) is 0. The minimum absolute atomic E-state index is 0.833. The van der Waals surface area contributed by atoms with Crippen LogP contribution in [0.3, 0.4) is 0 Å². The summed E-state index contributed by atoms with van der Waals surface area (Å²) in [6.45, 7) is 2.96. The van der Waals surface area contributed by atoms with Gasteiger partial charge in [-0.25, -0.2) is 49.7 Å². The van der Waals surface area contributed by atoms with Crippen LogP contribution in [0.15, 0.2) is 181 Å². The van der Waals surface area contributed by atoms with Crippen molar-refractivity contribution in [3.63, 3.8) is 0 Å². The smallest absolute Gasteiger partial charge is 0.327 e. The van der Waals surface area contributed by atoms with Crippen LogP contribution < -0.4 is 0 Å². The number of carbonyl (C=O) groups is 1. The zero-order chi connectivity index (χ0) is 36.1. The zero-order valence-corrected chi connectivity index (χ0v) is 26.8. The molecule has 0 spiro atoms. The monoisotopic (exact) mass is 684 g/mol. The predicted octanol–water partition coefficient (Wildman–Crippen LogP) is 3.94. The van der Waals surface area contributed by atoms with Crippen molar-refractivity contribution < 1.29 is 9.90 Å². The molecule has 0 saturated carbocycles. The number of H-pyrrole nitrogens is 9. The highest BCUT2D eigenvalue weighted by molar-refractivity contribution is 5.78. The van der Waals surface area contributed by atoms with E-state index >= 15 is 0 Å². The van der Waals surface area contributed by atoms with Gasteiger partial charge in [-0.1, -0.05) is 6.58 Å². The van der Waals surface area contributed by atoms with E-state index in [9.17, 15) is 4.79 Å². The van der Waals surface area contributed by atoms with Crippen molar-refractivity contribution in [1.29, 1.82) is 0 Å². The van der Waals surface area contributed by atoms with Crippen LogP contribution in [0, 0.1) is 0 Å². The van der Waals surface area contributed by atoms with Crippen LogP contribution in [0.1, 0.15) is 0 Å². The minimum Gasteiger partial charge on any atom is -0.478 e. The lowest BCUT2D eigenvalue weighted by atomic mass is 10.7. The molecular formula is C30H40N18O2. The van der Waals surface area contributed by atoms with Crippen molar-refractivity contribution in [3.8, 4) is 0 Å². The topological polar surface area (TPSA) is 295 Å². The van der Waals surface area contributed by atoms with Gasteiger partial charge < -0.3 is 50.0 Å². The Morgan fingerprint density at radius 2 is 0.480 bits per heavy atom. The Labute approximate surface area is 286 Å². The molecule has 0 radical (unpaired) electrons. The Balaban J connectivity index is 0.000000534. The van der Waals surface area contributed by atoms with E-state index in [0.29, 0.717) is 0 Å². The summed E-state index contributed by atoms with van der Waals surface area (Å²) < 4.78 is 0. The normalized spacial score (nSPS) is 7.84. The SMILES string of the molecule is C=CC(=O)O.c1c[nH]cn1.c1c[nH]cn1.c1c[nH]cn1.c1c[nH]cn1.c1c[nH]cn1.c1c[nH]cn1.c1c[nH]cn1.c1c[nH]cn1.c1c[nH]cn1. The largest absolute Gasteiger partial charge is 0.478 e. The van der Waals surface area contributed by atoms with Crippen LogP contribution in [0.4, 0.5) is 0 Å². The summed E-state index contributed by atoms with van der Waals surface area (Å²) in [6, 6.07) is 0. The van der Waals surface area contributed by atoms with E-state index in [-0.39, 0.29) is 0 Å². The number of carboxylic acids is 1. The number of aliphatic carboxylic acids is 1. The van der Waals surface area contributed by atoms with Gasteiger partial charge in [-0.15, -0.1) is 0 Å². The number of nitrogens with one attached hydrogen (secondary N) is 9. The van der Waals surface area contributed by atoms with Crippen molar-refractivity contribution in [1.82, 2.24) is 89.7 Å². The van der Waals surface area contributed by atoms with Crippen molar-refractivity contribution in [3.05, 3.63) is 181 Å². The van der Waals surface area contributed by atoms with Gasteiger partial charge in [-0.05, 0) is 0 Å². The Morgan fingerprint density at radius 3 is 0.500 bits per heavy atom. The summed E-state index contributed by atoms with van der Waals surface area (Å²) >= 11 is 0. The van der Waals surface area contributed by atoms with Crippen molar-refractivity contribution in [2.24, 2.45) is 0 Å². The van der Waals surface area contributed by atoms with E-state index in [1.54, 1.807) is 168 Å². The molecule has 0 atom stereocenters. The molecule has 9 aromatic heterocycles. The molecule has 9 heterocycles. The fourth-order valence-electron chi connectivity index (χ4n) is 1.94. The molecule has 9 rings (SSSR count). The van der Waals surface area contributed by atoms with Crippen molar-refractivity contribution in [2.75, 3.05) is 0 Å². The molecule has 20 heteroatoms. The maximum Gasteiger partial charge on any atom is 0.327 e. The molecule has 0 bridgehead atoms. The third kappa shape index (κ3) is 40.1. The first-order valence-corrected chi connectivity index (χ1v) is 14.0. The van der Waals surface area contributed by atoms with Gasteiger partial charge in [-0.2, -0.15) is 0 Å². The van der Waals surface area contributed by atoms with Gasteiger partial charge in [0.05, 0.1) is 56.9 Å². The second-order valence-electron chi connectivity index (χ2n) is 7.39. The maximum atomic E-state index is 9.25. The van der Waals surface area contributed by atoms with E-state index in [0.717, 1.165) is 6.08 Å². The standard InChI is InChI=1S/9C3H4N2.C3H4O2/c9*1-2-5-3-4-1;1-2-3(4)5/h9*1-3H,(H,4,5);2H,1H2,(H,4,5). The van der Waals surface area contributed by atoms with Gasteiger partial charge in [0.1, 0.15) is 0 Å². The molecule has 9 aromatic rings. The maximum absolute atomic E-state index is 9.25. The number of nitrogens with zero attached hydrogens (tertiary/aromatic N) is 9. The number of aromatic amines is 9. The van der Waals surface area contributed by atoms with Crippen LogP contribution in [-0.4, -0.2) is 101 Å². The Hall–Kier alpha value is -7.90. The van der Waals surface area contributed by atoms with E-state index in [1.807, 2.05) is 0 Å². The Kier molecular flexibility index (Phi) is 32.9. The van der Waals surface area contributed by atoms with Crippen molar-refractivity contribution in [2.45, 2.75) is 0 Å². The number of imidazole rings is 9. The molecule has 50 heavy (non-hydrogen) atoms. The average Bonchev–Trinajstić information content (AvgIpc) is 4.06. The number of carboxylic acid groups (broad SMARTS) is 1. The van der Waals surface area contributed by atoms with Crippen LogP contribution in [0.25, 0.3) is 0 Å². The first-order valence-electron chi connectivity index (χ1n) is 14.0. The van der Waals surface area contributed by atoms with Crippen LogP contribution >= 0.6 is 0 Å². The van der Waals surface area contributed by atoms with Gasteiger partial charge in [-0.3, -0.25) is 0 Å². The Morgan fingerprint density at radius 1 is 0.360 bits per heavy atom. The first-order chi connectivity index (χ1) is 24.8. The molecular weight excluding hydrogens is 644 g/mol. The highest BCUT2D eigenvalue weighted by atomic mass is 16.4. The van der Waals surface area contributed by atoms with Crippen molar-refractivity contribution >= 4 is 5.97 Å². The lowest BCUT2D eigenvalue weighted by Gasteiger charge is -1.64. The molecule has 10 N–H and O–H groups in total. The molecule has 0 aliphatic rings. The molecule has 0 aromatic carbocycles. The molecule has 0 unspecified atom stereocenters. The Bertz CT molecular complexity index is 1090. The lowest BCUT2D eigenvalue weighted by Crippen LogP contribution is -1.82. The van der Waals surface area contributed by atoms with Gasteiger partial charge in [0.25, 0.3) is 0 Å². The van der Waals surface area contributed by atoms with Crippen LogP contribution in [0.5, 0.6) is 0 Å².